The highest BCUT2D eigenvalue weighted by Gasteiger charge is 2.11. The molecule has 1 atom stereocenters. The van der Waals surface area contributed by atoms with E-state index in [9.17, 15) is 0 Å². The van der Waals surface area contributed by atoms with Gasteiger partial charge in [-0.2, -0.15) is 0 Å². The highest BCUT2D eigenvalue weighted by molar-refractivity contribution is 5.52. The number of fused-ring (bicyclic) bond motifs is 1. The maximum Gasteiger partial charge on any atom is 0.198 e. The van der Waals surface area contributed by atoms with Gasteiger partial charge in [0.05, 0.1) is 6.04 Å². The molecule has 5 heteroatoms. The Morgan fingerprint density at radius 1 is 1.20 bits per heavy atom. The van der Waals surface area contributed by atoms with Crippen molar-refractivity contribution in [2.24, 2.45) is 5.73 Å². The molecule has 102 valence electrons. The average molecular weight is 268 g/mol. The molecular weight excluding hydrogens is 252 g/mol. The molecule has 0 saturated heterocycles. The summed E-state index contributed by atoms with van der Waals surface area (Å²) >= 11 is 0. The number of pyridine rings is 1. The van der Waals surface area contributed by atoms with E-state index in [-0.39, 0.29) is 6.04 Å². The van der Waals surface area contributed by atoms with Crippen LogP contribution in [0.3, 0.4) is 0 Å². The number of hydrogen-bond acceptors (Lipinski definition) is 4. The first-order valence-corrected chi connectivity index (χ1v) is 6.51. The molecule has 0 spiro atoms. The Balaban J connectivity index is 1.87. The van der Waals surface area contributed by atoms with Gasteiger partial charge in [-0.1, -0.05) is 30.3 Å². The van der Waals surface area contributed by atoms with Gasteiger partial charge in [-0.3, -0.25) is 0 Å². The molecule has 0 amide bonds. The Morgan fingerprint density at radius 2 is 2.00 bits per heavy atom. The van der Waals surface area contributed by atoms with Crippen LogP contribution >= 0.6 is 0 Å². The third kappa shape index (κ3) is 2.48. The molecule has 2 N–H and O–H groups in total. The first-order chi connectivity index (χ1) is 9.74. The van der Waals surface area contributed by atoms with Crippen LogP contribution < -0.4 is 10.5 Å². The summed E-state index contributed by atoms with van der Waals surface area (Å²) < 4.78 is 7.53. The molecule has 0 bridgehead atoms. The maximum absolute atomic E-state index is 5.83. The Morgan fingerprint density at radius 3 is 2.75 bits per heavy atom. The molecule has 2 aromatic heterocycles. The van der Waals surface area contributed by atoms with Crippen molar-refractivity contribution >= 4 is 5.65 Å². The van der Waals surface area contributed by atoms with Crippen LogP contribution in [0.5, 0.6) is 5.75 Å². The van der Waals surface area contributed by atoms with Crippen molar-refractivity contribution in [3.63, 3.8) is 0 Å². The Hall–Kier alpha value is -2.40. The van der Waals surface area contributed by atoms with E-state index in [1.165, 1.54) is 0 Å². The number of benzene rings is 1. The van der Waals surface area contributed by atoms with Gasteiger partial charge in [-0.05, 0) is 24.6 Å². The fraction of sp³-hybridized carbons (Fsp3) is 0.200. The van der Waals surface area contributed by atoms with Crippen LogP contribution in [0.1, 0.15) is 24.4 Å². The normalized spacial score (nSPS) is 12.5. The topological polar surface area (TPSA) is 65.4 Å². The SMILES string of the molecule is CC(N)c1nc2c(OCc3ccccc3)cccn2n1. The summed E-state index contributed by atoms with van der Waals surface area (Å²) in [7, 11) is 0. The molecule has 0 saturated carbocycles. The summed E-state index contributed by atoms with van der Waals surface area (Å²) in [4.78, 5) is 4.43. The van der Waals surface area contributed by atoms with E-state index in [0.717, 1.165) is 5.56 Å². The molecule has 1 aromatic carbocycles. The second-order valence-electron chi connectivity index (χ2n) is 4.67. The Kier molecular flexibility index (Phi) is 3.35. The lowest BCUT2D eigenvalue weighted by Gasteiger charge is -2.06. The van der Waals surface area contributed by atoms with Crippen molar-refractivity contribution in [2.45, 2.75) is 19.6 Å². The van der Waals surface area contributed by atoms with Gasteiger partial charge >= 0.3 is 0 Å². The third-order valence-corrected chi connectivity index (χ3v) is 2.99. The molecule has 0 radical (unpaired) electrons. The molecule has 2 heterocycles. The summed E-state index contributed by atoms with van der Waals surface area (Å²) in [5.74, 6) is 1.32. The van der Waals surface area contributed by atoms with Crippen LogP contribution in [0.15, 0.2) is 48.7 Å². The van der Waals surface area contributed by atoms with E-state index in [1.807, 2.05) is 55.6 Å². The smallest absolute Gasteiger partial charge is 0.198 e. The highest BCUT2D eigenvalue weighted by Crippen LogP contribution is 2.20. The summed E-state index contributed by atoms with van der Waals surface area (Å²) in [5.41, 5.74) is 7.62. The predicted octanol–water partition coefficient (Wildman–Crippen LogP) is 2.33. The second-order valence-corrected chi connectivity index (χ2v) is 4.67. The fourth-order valence-corrected chi connectivity index (χ4v) is 1.94. The van der Waals surface area contributed by atoms with E-state index < -0.39 is 0 Å². The third-order valence-electron chi connectivity index (χ3n) is 2.99. The molecular formula is C15H16N4O. The van der Waals surface area contributed by atoms with Crippen LogP contribution in [-0.4, -0.2) is 14.6 Å². The number of rotatable bonds is 4. The molecule has 3 rings (SSSR count). The lowest BCUT2D eigenvalue weighted by atomic mass is 10.2. The Bertz CT molecular complexity index is 706. The number of aromatic nitrogens is 3. The van der Waals surface area contributed by atoms with Gasteiger partial charge in [-0.15, -0.1) is 5.10 Å². The summed E-state index contributed by atoms with van der Waals surface area (Å²) in [6.45, 7) is 2.36. The van der Waals surface area contributed by atoms with Crippen molar-refractivity contribution in [1.82, 2.24) is 14.6 Å². The van der Waals surface area contributed by atoms with Gasteiger partial charge in [0, 0.05) is 6.20 Å². The summed E-state index contributed by atoms with van der Waals surface area (Å²) in [5, 5.41) is 4.33. The first-order valence-electron chi connectivity index (χ1n) is 6.51. The fourth-order valence-electron chi connectivity index (χ4n) is 1.94. The molecule has 0 fully saturated rings. The highest BCUT2D eigenvalue weighted by atomic mass is 16.5. The largest absolute Gasteiger partial charge is 0.485 e. The monoisotopic (exact) mass is 268 g/mol. The number of nitrogens with two attached hydrogens (primary N) is 1. The first kappa shape index (κ1) is 12.6. The minimum absolute atomic E-state index is 0.197. The van der Waals surface area contributed by atoms with Crippen molar-refractivity contribution in [1.29, 1.82) is 0 Å². The van der Waals surface area contributed by atoms with E-state index in [0.29, 0.717) is 23.8 Å². The van der Waals surface area contributed by atoms with E-state index in [1.54, 1.807) is 4.52 Å². The van der Waals surface area contributed by atoms with Gasteiger partial charge in [0.15, 0.2) is 17.2 Å². The molecule has 5 nitrogen and oxygen atoms in total. The lowest BCUT2D eigenvalue weighted by molar-refractivity contribution is 0.308. The molecule has 1 unspecified atom stereocenters. The van der Waals surface area contributed by atoms with Gasteiger partial charge in [0.1, 0.15) is 6.61 Å². The predicted molar refractivity (Wildman–Crippen MR) is 76.4 cm³/mol. The zero-order valence-corrected chi connectivity index (χ0v) is 11.2. The summed E-state index contributed by atoms with van der Waals surface area (Å²) in [6, 6.07) is 13.6. The van der Waals surface area contributed by atoms with Crippen molar-refractivity contribution < 1.29 is 4.74 Å². The van der Waals surface area contributed by atoms with E-state index in [4.69, 9.17) is 10.5 Å². The van der Waals surface area contributed by atoms with Crippen molar-refractivity contribution in [2.75, 3.05) is 0 Å². The number of nitrogens with zero attached hydrogens (tertiary/aromatic N) is 3. The standard InChI is InChI=1S/C15H16N4O/c1-11(16)14-17-15-13(8-5-9-19(15)18-14)20-10-12-6-3-2-4-7-12/h2-9,11H,10,16H2,1H3. The molecule has 20 heavy (non-hydrogen) atoms. The molecule has 0 aliphatic heterocycles. The molecule has 0 aliphatic carbocycles. The minimum Gasteiger partial charge on any atom is -0.485 e. The van der Waals surface area contributed by atoms with Gasteiger partial charge in [-0.25, -0.2) is 9.50 Å². The molecule has 3 aromatic rings. The molecule has 0 aliphatic rings. The van der Waals surface area contributed by atoms with Crippen molar-refractivity contribution in [3.05, 3.63) is 60.0 Å². The van der Waals surface area contributed by atoms with Crippen LogP contribution in [0.25, 0.3) is 5.65 Å². The Labute approximate surface area is 117 Å². The lowest BCUT2D eigenvalue weighted by Crippen LogP contribution is -2.07. The van der Waals surface area contributed by atoms with Crippen LogP contribution in [0.4, 0.5) is 0 Å². The van der Waals surface area contributed by atoms with Crippen LogP contribution in [0, 0.1) is 0 Å². The van der Waals surface area contributed by atoms with E-state index >= 15 is 0 Å². The van der Waals surface area contributed by atoms with E-state index in [2.05, 4.69) is 10.1 Å². The van der Waals surface area contributed by atoms with Gasteiger partial charge in [0.25, 0.3) is 0 Å². The maximum atomic E-state index is 5.83. The number of hydrogen-bond donors (Lipinski definition) is 1. The second kappa shape index (κ2) is 5.30. The van der Waals surface area contributed by atoms with Gasteiger partial charge in [0.2, 0.25) is 0 Å². The zero-order valence-electron chi connectivity index (χ0n) is 11.2. The van der Waals surface area contributed by atoms with Crippen LogP contribution in [-0.2, 0) is 6.61 Å². The zero-order chi connectivity index (χ0) is 13.9. The van der Waals surface area contributed by atoms with Gasteiger partial charge < -0.3 is 10.5 Å². The van der Waals surface area contributed by atoms with Crippen molar-refractivity contribution in [3.8, 4) is 5.75 Å². The summed E-state index contributed by atoms with van der Waals surface area (Å²) in [6.07, 6.45) is 1.84. The average Bonchev–Trinajstić information content (AvgIpc) is 2.91. The van der Waals surface area contributed by atoms with Crippen LogP contribution in [0.2, 0.25) is 0 Å². The number of ether oxygens (including phenoxy) is 1. The minimum atomic E-state index is -0.197. The quantitative estimate of drug-likeness (QED) is 0.788.